The van der Waals surface area contributed by atoms with E-state index in [-0.39, 0.29) is 22.5 Å². The molecular formula is C22H27N5O5S. The van der Waals surface area contributed by atoms with Crippen LogP contribution < -0.4 is 16.0 Å². The Morgan fingerprint density at radius 2 is 1.88 bits per heavy atom. The number of nitrogens with two attached hydrogens (primary N) is 1. The van der Waals surface area contributed by atoms with Gasteiger partial charge < -0.3 is 16.0 Å². The number of primary amides is 1. The zero-order chi connectivity index (χ0) is 24.2. The Morgan fingerprint density at radius 1 is 1.18 bits per heavy atom. The number of amides is 2. The van der Waals surface area contributed by atoms with Gasteiger partial charge in [-0.25, -0.2) is 13.4 Å². The van der Waals surface area contributed by atoms with Crippen molar-refractivity contribution < 1.29 is 22.8 Å². The Kier molecular flexibility index (Phi) is 7.44. The molecule has 1 atom stereocenters. The summed E-state index contributed by atoms with van der Waals surface area (Å²) in [5.41, 5.74) is 6.24. The lowest BCUT2D eigenvalue weighted by Gasteiger charge is -2.32. The molecule has 10 nitrogen and oxygen atoms in total. The highest BCUT2D eigenvalue weighted by atomic mass is 32.2. The van der Waals surface area contributed by atoms with Crippen molar-refractivity contribution in [2.75, 3.05) is 36.9 Å². The molecule has 33 heavy (non-hydrogen) atoms. The number of nitrogens with one attached hydrogen (secondary N) is 1. The highest BCUT2D eigenvalue weighted by molar-refractivity contribution is 7.89. The number of hydrogen-bond donors (Lipinski definition) is 2. The number of hydrogen-bond acceptors (Lipinski definition) is 7. The molecule has 3 N–H and O–H groups in total. The molecule has 11 heteroatoms. The average Bonchev–Trinajstić information content (AvgIpc) is 2.79. The van der Waals surface area contributed by atoms with Crippen LogP contribution in [0.5, 0.6) is 0 Å². The van der Waals surface area contributed by atoms with Crippen molar-refractivity contribution in [2.24, 2.45) is 11.7 Å². The molecular weight excluding hydrogens is 446 g/mol. The minimum Gasteiger partial charge on any atom is -0.369 e. The maximum absolute atomic E-state index is 12.7. The van der Waals surface area contributed by atoms with Crippen molar-refractivity contribution in [3.8, 4) is 0 Å². The van der Waals surface area contributed by atoms with Crippen molar-refractivity contribution in [2.45, 2.75) is 24.7 Å². The number of carbonyl (C=O) groups excluding carboxylic acids is 3. The lowest BCUT2D eigenvalue weighted by atomic mass is 9.97. The number of likely N-dealkylation sites (N-methyl/N-ethyl adjacent to an activating group) is 1. The molecule has 2 amide bonds. The third-order valence-corrected chi connectivity index (χ3v) is 7.33. The molecule has 1 saturated heterocycles. The first kappa shape index (κ1) is 24.3. The molecule has 1 fully saturated rings. The van der Waals surface area contributed by atoms with Gasteiger partial charge in [-0.1, -0.05) is 12.1 Å². The van der Waals surface area contributed by atoms with Crippen molar-refractivity contribution in [1.29, 1.82) is 0 Å². The van der Waals surface area contributed by atoms with Crippen LogP contribution in [0, 0.1) is 5.92 Å². The second-order valence-electron chi connectivity index (χ2n) is 7.98. The van der Waals surface area contributed by atoms with Gasteiger partial charge in [-0.2, -0.15) is 4.31 Å². The van der Waals surface area contributed by atoms with Crippen LogP contribution in [0.1, 0.15) is 30.1 Å². The molecule has 2 heterocycles. The van der Waals surface area contributed by atoms with E-state index in [4.69, 9.17) is 5.73 Å². The topological polar surface area (TPSA) is 143 Å². The summed E-state index contributed by atoms with van der Waals surface area (Å²) >= 11 is 0. The number of aromatic nitrogens is 1. The zero-order valence-electron chi connectivity index (χ0n) is 18.5. The van der Waals surface area contributed by atoms with Crippen molar-refractivity contribution in [3.63, 3.8) is 0 Å². The summed E-state index contributed by atoms with van der Waals surface area (Å²) in [4.78, 5) is 41.5. The number of sulfonamides is 1. The van der Waals surface area contributed by atoms with E-state index in [2.05, 4.69) is 10.3 Å². The van der Waals surface area contributed by atoms with Gasteiger partial charge in [0.25, 0.3) is 0 Å². The first-order valence-electron chi connectivity index (χ1n) is 10.5. The fraction of sp³-hybridized carbons (Fsp3) is 0.364. The maximum Gasteiger partial charge on any atom is 0.243 e. The highest BCUT2D eigenvalue weighted by Crippen LogP contribution is 2.22. The molecule has 1 aliphatic rings. The molecule has 0 bridgehead atoms. The fourth-order valence-corrected chi connectivity index (χ4v) is 4.72. The second kappa shape index (κ2) is 10.1. The van der Waals surface area contributed by atoms with Crippen molar-refractivity contribution in [1.82, 2.24) is 9.29 Å². The summed E-state index contributed by atoms with van der Waals surface area (Å²) in [6, 6.07) is 8.95. The smallest absolute Gasteiger partial charge is 0.243 e. The molecule has 0 saturated carbocycles. The first-order chi connectivity index (χ1) is 15.6. The molecule has 0 spiro atoms. The van der Waals surface area contributed by atoms with Crippen LogP contribution in [0.3, 0.4) is 0 Å². The van der Waals surface area contributed by atoms with E-state index in [0.29, 0.717) is 23.6 Å². The third-order valence-electron chi connectivity index (χ3n) is 5.51. The van der Waals surface area contributed by atoms with Crippen LogP contribution in [0.15, 0.2) is 47.5 Å². The summed E-state index contributed by atoms with van der Waals surface area (Å²) in [6.45, 7) is 2.26. The molecule has 176 valence electrons. The van der Waals surface area contributed by atoms with E-state index >= 15 is 0 Å². The standard InChI is InChI=1S/C22H27N5O5S/c1-15(28)16-5-8-19(9-6-16)33(31,32)26(2)14-21(29)25-18-7-10-20(24-12-18)27-11-3-4-17(13-27)22(23)30/h5-10,12,17H,3-4,11,13-14H2,1-2H3,(H2,23,30)(H,25,29). The predicted octanol–water partition coefficient (Wildman–Crippen LogP) is 1.25. The molecule has 1 aromatic carbocycles. The molecule has 1 aromatic heterocycles. The summed E-state index contributed by atoms with van der Waals surface area (Å²) in [5, 5.41) is 2.63. The number of nitrogens with zero attached hydrogens (tertiary/aromatic N) is 3. The minimum atomic E-state index is -3.90. The summed E-state index contributed by atoms with van der Waals surface area (Å²) in [7, 11) is -2.59. The monoisotopic (exact) mass is 473 g/mol. The Hall–Kier alpha value is -3.31. The van der Waals surface area contributed by atoms with Crippen LogP contribution in [0.4, 0.5) is 11.5 Å². The molecule has 3 rings (SSSR count). The number of anilines is 2. The molecule has 0 radical (unpaired) electrons. The zero-order valence-corrected chi connectivity index (χ0v) is 19.3. The number of ketones is 1. The Balaban J connectivity index is 1.59. The number of benzene rings is 1. The highest BCUT2D eigenvalue weighted by Gasteiger charge is 2.25. The van der Waals surface area contributed by atoms with Gasteiger partial charge in [-0.3, -0.25) is 14.4 Å². The average molecular weight is 474 g/mol. The summed E-state index contributed by atoms with van der Waals surface area (Å²) in [5.74, 6) is -0.553. The Bertz CT molecular complexity index is 1130. The molecule has 0 aliphatic carbocycles. The summed E-state index contributed by atoms with van der Waals surface area (Å²) in [6.07, 6.45) is 3.08. The minimum absolute atomic E-state index is 0.00961. The molecule has 1 aliphatic heterocycles. The number of piperidine rings is 1. The maximum atomic E-state index is 12.7. The van der Waals surface area contributed by atoms with Gasteiger partial charge in [0.2, 0.25) is 21.8 Å². The quantitative estimate of drug-likeness (QED) is 0.549. The number of Topliss-reactive ketones (excluding diaryl/α,β-unsaturated/α-hetero) is 1. The van der Waals surface area contributed by atoms with Crippen molar-refractivity contribution in [3.05, 3.63) is 48.2 Å². The van der Waals surface area contributed by atoms with Gasteiger partial charge >= 0.3 is 0 Å². The Labute approximate surface area is 192 Å². The lowest BCUT2D eigenvalue weighted by Crippen LogP contribution is -2.41. The fourth-order valence-electron chi connectivity index (χ4n) is 3.59. The molecule has 2 aromatic rings. The van der Waals surface area contributed by atoms with Gasteiger partial charge in [0.05, 0.1) is 29.2 Å². The lowest BCUT2D eigenvalue weighted by molar-refractivity contribution is -0.122. The van der Waals surface area contributed by atoms with Gasteiger partial charge in [0.15, 0.2) is 5.78 Å². The van der Waals surface area contributed by atoms with Crippen LogP contribution in [-0.2, 0) is 19.6 Å². The number of carbonyl (C=O) groups is 3. The van der Waals surface area contributed by atoms with Crippen LogP contribution in [0.2, 0.25) is 0 Å². The third kappa shape index (κ3) is 5.93. The van der Waals surface area contributed by atoms with E-state index in [9.17, 15) is 22.8 Å². The van der Waals surface area contributed by atoms with E-state index < -0.39 is 22.5 Å². The van der Waals surface area contributed by atoms with E-state index in [1.165, 1.54) is 44.4 Å². The van der Waals surface area contributed by atoms with Crippen molar-refractivity contribution >= 4 is 39.1 Å². The van der Waals surface area contributed by atoms with Crippen LogP contribution in [0.25, 0.3) is 0 Å². The largest absolute Gasteiger partial charge is 0.369 e. The van der Waals surface area contributed by atoms with E-state index in [0.717, 1.165) is 23.7 Å². The van der Waals surface area contributed by atoms with E-state index in [1.807, 2.05) is 4.90 Å². The summed E-state index contributed by atoms with van der Waals surface area (Å²) < 4.78 is 26.3. The Morgan fingerprint density at radius 3 is 2.45 bits per heavy atom. The molecule has 1 unspecified atom stereocenters. The SMILES string of the molecule is CC(=O)c1ccc(S(=O)(=O)N(C)CC(=O)Nc2ccc(N3CCCC(C(N)=O)C3)nc2)cc1. The number of rotatable bonds is 8. The first-order valence-corrected chi connectivity index (χ1v) is 11.9. The van der Waals surface area contributed by atoms with Gasteiger partial charge in [0, 0.05) is 25.7 Å². The van der Waals surface area contributed by atoms with Gasteiger partial charge in [-0.15, -0.1) is 0 Å². The second-order valence-corrected chi connectivity index (χ2v) is 10.0. The normalized spacial score (nSPS) is 16.5. The predicted molar refractivity (Wildman–Crippen MR) is 123 cm³/mol. The van der Waals surface area contributed by atoms with Gasteiger partial charge in [-0.05, 0) is 44.0 Å². The van der Waals surface area contributed by atoms with Crippen LogP contribution >= 0.6 is 0 Å². The van der Waals surface area contributed by atoms with Gasteiger partial charge in [0.1, 0.15) is 5.82 Å². The van der Waals surface area contributed by atoms with E-state index in [1.54, 1.807) is 12.1 Å². The van der Waals surface area contributed by atoms with Crippen LogP contribution in [-0.4, -0.2) is 62.0 Å². The number of pyridine rings is 1.